The highest BCUT2D eigenvalue weighted by atomic mass is 35.5. The predicted octanol–water partition coefficient (Wildman–Crippen LogP) is 4.21. The van der Waals surface area contributed by atoms with Crippen LogP contribution >= 0.6 is 11.6 Å². The van der Waals surface area contributed by atoms with Crippen molar-refractivity contribution in [2.24, 2.45) is 0 Å². The Morgan fingerprint density at radius 1 is 0.875 bits per heavy atom. The summed E-state index contributed by atoms with van der Waals surface area (Å²) in [7, 11) is -3.77. The summed E-state index contributed by atoms with van der Waals surface area (Å²) in [4.78, 5) is 14.8. The summed E-state index contributed by atoms with van der Waals surface area (Å²) >= 11 is 6.18. The van der Waals surface area contributed by atoms with Crippen molar-refractivity contribution in [2.45, 2.75) is 11.5 Å². The van der Waals surface area contributed by atoms with E-state index in [-0.39, 0.29) is 22.1 Å². The van der Waals surface area contributed by atoms with E-state index in [1.165, 1.54) is 22.5 Å². The zero-order valence-corrected chi connectivity index (χ0v) is 18.9. The first-order valence-corrected chi connectivity index (χ1v) is 12.1. The second-order valence-electron chi connectivity index (χ2n) is 7.43. The lowest BCUT2D eigenvalue weighted by Gasteiger charge is -2.35. The second-order valence-corrected chi connectivity index (χ2v) is 9.78. The zero-order chi connectivity index (χ0) is 22.6. The maximum absolute atomic E-state index is 13.2. The minimum absolute atomic E-state index is 0.0294. The van der Waals surface area contributed by atoms with Crippen LogP contribution in [0.15, 0.2) is 83.8 Å². The minimum atomic E-state index is -3.77. The Morgan fingerprint density at radius 2 is 1.50 bits per heavy atom. The molecule has 1 aliphatic heterocycles. The molecule has 6 nitrogen and oxygen atoms in total. The molecule has 0 aromatic heterocycles. The number of nitrogens with zero attached hydrogens (tertiary/aromatic N) is 2. The van der Waals surface area contributed by atoms with Crippen LogP contribution in [0.4, 0.5) is 5.69 Å². The molecular formula is C24H23ClN2O4S. The number of hydrogen-bond donors (Lipinski definition) is 0. The van der Waals surface area contributed by atoms with Crippen molar-refractivity contribution in [3.05, 3.63) is 95.0 Å². The predicted molar refractivity (Wildman–Crippen MR) is 124 cm³/mol. The molecule has 8 heteroatoms. The Labute approximate surface area is 193 Å². The molecule has 0 aliphatic carbocycles. The van der Waals surface area contributed by atoms with E-state index in [0.717, 1.165) is 11.3 Å². The average molecular weight is 471 g/mol. The van der Waals surface area contributed by atoms with Gasteiger partial charge in [-0.25, -0.2) is 13.2 Å². The van der Waals surface area contributed by atoms with E-state index >= 15 is 0 Å². The number of rotatable bonds is 6. The third-order valence-corrected chi connectivity index (χ3v) is 7.59. The number of esters is 1. The molecule has 0 unspecified atom stereocenters. The Morgan fingerprint density at radius 3 is 2.16 bits per heavy atom. The normalized spacial score (nSPS) is 14.8. The van der Waals surface area contributed by atoms with Crippen molar-refractivity contribution in [1.82, 2.24) is 4.31 Å². The van der Waals surface area contributed by atoms with Gasteiger partial charge in [-0.3, -0.25) is 0 Å². The van der Waals surface area contributed by atoms with Gasteiger partial charge < -0.3 is 9.64 Å². The molecule has 1 aliphatic rings. The van der Waals surface area contributed by atoms with E-state index < -0.39 is 16.0 Å². The monoisotopic (exact) mass is 470 g/mol. The van der Waals surface area contributed by atoms with Gasteiger partial charge in [0.1, 0.15) is 6.61 Å². The Hall–Kier alpha value is -2.87. The van der Waals surface area contributed by atoms with Crippen molar-refractivity contribution in [3.63, 3.8) is 0 Å². The van der Waals surface area contributed by atoms with Gasteiger partial charge in [0.25, 0.3) is 0 Å². The summed E-state index contributed by atoms with van der Waals surface area (Å²) in [6.45, 7) is 1.96. The summed E-state index contributed by atoms with van der Waals surface area (Å²) in [6, 6.07) is 23.3. The van der Waals surface area contributed by atoms with Crippen molar-refractivity contribution >= 4 is 33.3 Å². The highest BCUT2D eigenvalue weighted by Gasteiger charge is 2.29. The molecular weight excluding hydrogens is 448 g/mol. The summed E-state index contributed by atoms with van der Waals surface area (Å²) < 4.78 is 33.2. The number of carbonyl (C=O) groups excluding carboxylic acids is 1. The molecule has 0 spiro atoms. The topological polar surface area (TPSA) is 66.9 Å². The largest absolute Gasteiger partial charge is 0.457 e. The molecule has 1 saturated heterocycles. The Kier molecular flexibility index (Phi) is 6.79. The number of carbonyl (C=O) groups is 1. The first-order chi connectivity index (χ1) is 15.4. The van der Waals surface area contributed by atoms with Gasteiger partial charge >= 0.3 is 5.97 Å². The van der Waals surface area contributed by atoms with Gasteiger partial charge in [0.05, 0.1) is 15.5 Å². The molecule has 0 amide bonds. The van der Waals surface area contributed by atoms with Crippen LogP contribution in [0.5, 0.6) is 0 Å². The number of piperazine rings is 1. The van der Waals surface area contributed by atoms with Gasteiger partial charge in [0, 0.05) is 31.9 Å². The molecule has 3 aromatic rings. The fourth-order valence-corrected chi connectivity index (χ4v) is 5.24. The van der Waals surface area contributed by atoms with Crippen LogP contribution in [-0.2, 0) is 21.4 Å². The number of halogens is 1. The van der Waals surface area contributed by atoms with E-state index in [1.807, 2.05) is 60.7 Å². The van der Waals surface area contributed by atoms with Crippen LogP contribution in [-0.4, -0.2) is 44.9 Å². The molecule has 4 rings (SSSR count). The maximum atomic E-state index is 13.2. The van der Waals surface area contributed by atoms with Crippen molar-refractivity contribution in [3.8, 4) is 0 Å². The Bertz CT molecular complexity index is 1180. The fraction of sp³-hybridized carbons (Fsp3) is 0.208. The summed E-state index contributed by atoms with van der Waals surface area (Å²) in [5, 5.41) is 0.149. The van der Waals surface area contributed by atoms with E-state index in [1.54, 1.807) is 0 Å². The molecule has 1 fully saturated rings. The molecule has 0 saturated carbocycles. The summed E-state index contributed by atoms with van der Waals surface area (Å²) in [5.74, 6) is -0.662. The third-order valence-electron chi connectivity index (χ3n) is 5.37. The number of para-hydroxylation sites is 1. The standard InChI is InChI=1S/C24H23ClN2O4S/c25-23-12-11-21(17-22(23)24(28)31-18-19-7-3-1-4-8-19)32(29,30)27-15-13-26(14-16-27)20-9-5-2-6-10-20/h1-12,17H,13-16,18H2. The molecule has 32 heavy (non-hydrogen) atoms. The van der Waals surface area contributed by atoms with Crippen LogP contribution in [0.3, 0.4) is 0 Å². The number of benzene rings is 3. The van der Waals surface area contributed by atoms with Gasteiger partial charge in [-0.2, -0.15) is 4.31 Å². The van der Waals surface area contributed by atoms with Gasteiger partial charge in [0.15, 0.2) is 0 Å². The lowest BCUT2D eigenvalue weighted by Crippen LogP contribution is -2.48. The van der Waals surface area contributed by atoms with Crippen LogP contribution in [0.25, 0.3) is 0 Å². The van der Waals surface area contributed by atoms with Gasteiger partial charge in [-0.1, -0.05) is 60.1 Å². The van der Waals surface area contributed by atoms with Crippen LogP contribution in [0.2, 0.25) is 5.02 Å². The van der Waals surface area contributed by atoms with Crippen molar-refractivity contribution in [1.29, 1.82) is 0 Å². The van der Waals surface area contributed by atoms with Crippen LogP contribution in [0.1, 0.15) is 15.9 Å². The summed E-state index contributed by atoms with van der Waals surface area (Å²) in [5.41, 5.74) is 1.93. The molecule has 0 atom stereocenters. The van der Waals surface area contributed by atoms with Crippen LogP contribution < -0.4 is 4.90 Å². The Balaban J connectivity index is 1.46. The lowest BCUT2D eigenvalue weighted by molar-refractivity contribution is 0.0472. The van der Waals surface area contributed by atoms with Crippen LogP contribution in [0, 0.1) is 0 Å². The average Bonchev–Trinajstić information content (AvgIpc) is 2.84. The van der Waals surface area contributed by atoms with Gasteiger partial charge in [0.2, 0.25) is 10.0 Å². The molecule has 1 heterocycles. The van der Waals surface area contributed by atoms with Gasteiger partial charge in [-0.15, -0.1) is 0 Å². The number of hydrogen-bond acceptors (Lipinski definition) is 5. The highest BCUT2D eigenvalue weighted by molar-refractivity contribution is 7.89. The highest BCUT2D eigenvalue weighted by Crippen LogP contribution is 2.25. The molecule has 0 N–H and O–H groups in total. The van der Waals surface area contributed by atoms with E-state index in [0.29, 0.717) is 26.2 Å². The van der Waals surface area contributed by atoms with Crippen molar-refractivity contribution < 1.29 is 17.9 Å². The minimum Gasteiger partial charge on any atom is -0.457 e. The molecule has 0 radical (unpaired) electrons. The smallest absolute Gasteiger partial charge is 0.340 e. The zero-order valence-electron chi connectivity index (χ0n) is 17.4. The first kappa shape index (κ1) is 22.3. The quantitative estimate of drug-likeness (QED) is 0.505. The fourth-order valence-electron chi connectivity index (χ4n) is 3.60. The molecule has 0 bridgehead atoms. The molecule has 3 aromatic carbocycles. The third kappa shape index (κ3) is 4.96. The second kappa shape index (κ2) is 9.73. The van der Waals surface area contributed by atoms with Gasteiger partial charge in [-0.05, 0) is 35.9 Å². The lowest BCUT2D eigenvalue weighted by atomic mass is 10.2. The van der Waals surface area contributed by atoms with E-state index in [4.69, 9.17) is 16.3 Å². The number of ether oxygens (including phenoxy) is 1. The van der Waals surface area contributed by atoms with E-state index in [2.05, 4.69) is 4.90 Å². The number of sulfonamides is 1. The first-order valence-electron chi connectivity index (χ1n) is 10.3. The SMILES string of the molecule is O=C(OCc1ccccc1)c1cc(S(=O)(=O)N2CCN(c3ccccc3)CC2)ccc1Cl. The van der Waals surface area contributed by atoms with E-state index in [9.17, 15) is 13.2 Å². The molecule has 166 valence electrons. The maximum Gasteiger partial charge on any atom is 0.340 e. The summed E-state index contributed by atoms with van der Waals surface area (Å²) in [6.07, 6.45) is 0. The van der Waals surface area contributed by atoms with Crippen molar-refractivity contribution in [2.75, 3.05) is 31.1 Å². The number of anilines is 1.